The van der Waals surface area contributed by atoms with Crippen molar-refractivity contribution in [2.45, 2.75) is 110 Å². The van der Waals surface area contributed by atoms with Crippen molar-refractivity contribution in [3.8, 4) is 22.4 Å². The first kappa shape index (κ1) is 49.2. The van der Waals surface area contributed by atoms with Crippen LogP contribution in [0, 0.1) is 17.3 Å². The third-order valence-corrected chi connectivity index (χ3v) is 12.8. The number of benzene rings is 2. The Bertz CT molecular complexity index is 2510. The number of hydrogen-bond acceptors (Lipinski definition) is 8. The van der Waals surface area contributed by atoms with Crippen molar-refractivity contribution >= 4 is 34.6 Å². The van der Waals surface area contributed by atoms with E-state index >= 15 is 0 Å². The zero-order valence-corrected chi connectivity index (χ0v) is 38.7. The van der Waals surface area contributed by atoms with Gasteiger partial charge in [-0.15, -0.1) is 0 Å². The summed E-state index contributed by atoms with van der Waals surface area (Å²) in [5, 5.41) is 4.61. The topological polar surface area (TPSA) is 135 Å². The van der Waals surface area contributed by atoms with Crippen molar-refractivity contribution in [3.05, 3.63) is 89.8 Å². The number of hydrogen-bond donors (Lipinski definition) is 2. The highest BCUT2D eigenvalue weighted by Gasteiger charge is 2.39. The molecule has 0 saturated carbocycles. The van der Waals surface area contributed by atoms with Gasteiger partial charge in [0.1, 0.15) is 18.6 Å². The number of carbonyl (C=O) groups is 4. The van der Waals surface area contributed by atoms with Crippen LogP contribution in [0.3, 0.4) is 0 Å². The van der Waals surface area contributed by atoms with E-state index in [0.29, 0.717) is 65.0 Å². The first-order valence-corrected chi connectivity index (χ1v) is 22.8. The summed E-state index contributed by atoms with van der Waals surface area (Å²) in [6, 6.07) is 10.3. The van der Waals surface area contributed by atoms with Crippen LogP contribution in [0.25, 0.3) is 33.3 Å². The molecular weight excluding hydrogens is 876 g/mol. The van der Waals surface area contributed by atoms with Crippen LogP contribution in [-0.2, 0) is 48.0 Å². The molecule has 5 heterocycles. The van der Waals surface area contributed by atoms with Crippen molar-refractivity contribution in [1.29, 1.82) is 0 Å². The maximum absolute atomic E-state index is 14.9. The number of esters is 1. The summed E-state index contributed by atoms with van der Waals surface area (Å²) in [5.41, 5.74) is 5.05. The number of hydrazine groups is 1. The molecule has 3 atom stereocenters. The second kappa shape index (κ2) is 19.9. The zero-order valence-electron chi connectivity index (χ0n) is 38.7. The van der Waals surface area contributed by atoms with E-state index in [0.717, 1.165) is 0 Å². The van der Waals surface area contributed by atoms with Crippen LogP contribution in [0.5, 0.6) is 0 Å². The molecule has 6 bridgehead atoms. The summed E-state index contributed by atoms with van der Waals surface area (Å²) in [6.07, 6.45) is -4.43. The van der Waals surface area contributed by atoms with Gasteiger partial charge in [0.25, 0.3) is 12.3 Å². The summed E-state index contributed by atoms with van der Waals surface area (Å²) in [4.78, 5) is 60.8. The average molecular weight is 935 g/mol. The van der Waals surface area contributed by atoms with Gasteiger partial charge in [-0.2, -0.15) is 13.2 Å². The first-order chi connectivity index (χ1) is 31.6. The highest BCUT2D eigenvalue weighted by molar-refractivity contribution is 5.96. The van der Waals surface area contributed by atoms with Crippen molar-refractivity contribution < 1.29 is 50.6 Å². The van der Waals surface area contributed by atoms with Crippen molar-refractivity contribution in [1.82, 2.24) is 30.2 Å². The molecule has 17 heteroatoms. The molecule has 360 valence electrons. The number of nitrogens with one attached hydrogen (secondary N) is 2. The number of pyridine rings is 1. The lowest BCUT2D eigenvalue weighted by molar-refractivity contribution is -0.155. The minimum absolute atomic E-state index is 0.0150. The molecule has 2 aromatic heterocycles. The maximum Gasteiger partial charge on any atom is 0.406 e. The average Bonchev–Trinajstić information content (AvgIpc) is 3.54. The van der Waals surface area contributed by atoms with Gasteiger partial charge in [0.05, 0.1) is 36.6 Å². The highest BCUT2D eigenvalue weighted by atomic mass is 19.4. The molecule has 0 aliphatic carbocycles. The Morgan fingerprint density at radius 1 is 1.06 bits per heavy atom. The molecule has 3 amide bonds. The lowest BCUT2D eigenvalue weighted by atomic mass is 9.83. The predicted molar refractivity (Wildman–Crippen MR) is 243 cm³/mol. The van der Waals surface area contributed by atoms with Gasteiger partial charge in [0, 0.05) is 59.7 Å². The summed E-state index contributed by atoms with van der Waals surface area (Å²) >= 11 is 0. The van der Waals surface area contributed by atoms with Gasteiger partial charge in [0.15, 0.2) is 0 Å². The Kier molecular flexibility index (Phi) is 14.6. The number of nitrogens with zero attached hydrogens (tertiary/aromatic N) is 4. The largest absolute Gasteiger partial charge is 0.464 e. The van der Waals surface area contributed by atoms with Crippen LogP contribution in [0.1, 0.15) is 89.1 Å². The Morgan fingerprint density at radius 3 is 2.48 bits per heavy atom. The Morgan fingerprint density at radius 2 is 1.81 bits per heavy atom. The second-order valence-corrected chi connectivity index (χ2v) is 19.4. The van der Waals surface area contributed by atoms with Gasteiger partial charge in [0.2, 0.25) is 11.8 Å². The third kappa shape index (κ3) is 11.2. The maximum atomic E-state index is 14.9. The molecule has 12 nitrogen and oxygen atoms in total. The van der Waals surface area contributed by atoms with E-state index in [4.69, 9.17) is 9.47 Å². The monoisotopic (exact) mass is 934 g/mol. The fourth-order valence-corrected chi connectivity index (χ4v) is 9.22. The van der Waals surface area contributed by atoms with Crippen LogP contribution in [0.4, 0.5) is 22.0 Å². The smallest absolute Gasteiger partial charge is 0.406 e. The zero-order chi connectivity index (χ0) is 48.5. The molecular formula is C50H59F5N6O6. The Balaban J connectivity index is 1.35. The number of ether oxygens (including phenoxy) is 2. The number of halogens is 5. The van der Waals surface area contributed by atoms with E-state index in [1.165, 1.54) is 27.8 Å². The molecule has 0 unspecified atom stereocenters. The number of aromatic nitrogens is 2. The number of amides is 3. The van der Waals surface area contributed by atoms with E-state index in [1.807, 2.05) is 41.5 Å². The summed E-state index contributed by atoms with van der Waals surface area (Å²) in [6.45, 7) is 14.1. The molecule has 2 saturated heterocycles. The van der Waals surface area contributed by atoms with Crippen LogP contribution in [-0.4, -0.2) is 100 Å². The van der Waals surface area contributed by atoms with Crippen molar-refractivity contribution in [2.24, 2.45) is 17.3 Å². The van der Waals surface area contributed by atoms with Gasteiger partial charge in [-0.3, -0.25) is 29.2 Å². The molecule has 2 fully saturated rings. The van der Waals surface area contributed by atoms with E-state index < -0.39 is 60.3 Å². The normalized spacial score (nSPS) is 19.9. The molecule has 67 heavy (non-hydrogen) atoms. The van der Waals surface area contributed by atoms with E-state index in [9.17, 15) is 41.1 Å². The molecule has 3 aliphatic heterocycles. The Hall–Kier alpha value is -5.68. The van der Waals surface area contributed by atoms with E-state index in [1.54, 1.807) is 47.5 Å². The van der Waals surface area contributed by atoms with Crippen LogP contribution in [0.2, 0.25) is 0 Å². The SMILES string of the molecule is C=CC(=O)N1CC(OC[C@H](C(=O)N[C@H]2Cc3cc(cc(C(F)F)c3)-c3ccc4c(c3)c(c(-c3cccnc3C(C)C)n4CC(F)(F)F)CC(C)(C)COC(=O)[C@@H]3CCCN(N3)C2=O)C(C)C)C1. The van der Waals surface area contributed by atoms with Gasteiger partial charge >= 0.3 is 12.1 Å². The summed E-state index contributed by atoms with van der Waals surface area (Å²) < 4.78 is 87.0. The van der Waals surface area contributed by atoms with E-state index in [2.05, 4.69) is 22.3 Å². The highest BCUT2D eigenvalue weighted by Crippen LogP contribution is 2.43. The number of carbonyl (C=O) groups excluding carboxylic acids is 4. The van der Waals surface area contributed by atoms with Gasteiger partial charge in [-0.25, -0.2) is 14.2 Å². The van der Waals surface area contributed by atoms with Crippen molar-refractivity contribution in [3.63, 3.8) is 0 Å². The second-order valence-electron chi connectivity index (χ2n) is 19.4. The summed E-state index contributed by atoms with van der Waals surface area (Å²) in [7, 11) is 0. The molecule has 7 rings (SSSR count). The number of rotatable bonds is 11. The standard InChI is InChI=1S/C50H59F5N6O6/c1-8-42(62)59-23-34(24-59)66-25-38(28(2)3)46(63)57-40-19-30-17-32(20-33(18-30)45(51)52)31-13-14-41-36(21-31)37(22-49(6,7)27-67-48(65)39-12-10-16-61(58-39)47(40)64)44(60(41)26-50(53,54)55)35-11-9-15-56-43(35)29(4)5/h8-9,11,13-15,17-18,20-21,28-29,34,38-40,45,58H,1,10,12,16,19,22-27H2,2-7H3,(H,57,63)/t38-,39-,40-/m0/s1. The third-order valence-electron chi connectivity index (χ3n) is 12.8. The Labute approximate surface area is 387 Å². The molecule has 3 aliphatic rings. The quantitative estimate of drug-likeness (QED) is 0.0872. The molecule has 4 aromatic rings. The predicted octanol–water partition coefficient (Wildman–Crippen LogP) is 8.33. The fourth-order valence-electron chi connectivity index (χ4n) is 9.22. The lowest BCUT2D eigenvalue weighted by Gasteiger charge is -2.39. The molecule has 0 radical (unpaired) electrons. The van der Waals surface area contributed by atoms with Gasteiger partial charge in [-0.05, 0) is 89.8 Å². The molecule has 2 N–H and O–H groups in total. The number of likely N-dealkylation sites (tertiary alicyclic amines) is 1. The fraction of sp³-hybridized carbons (Fsp3) is 0.500. The van der Waals surface area contributed by atoms with Crippen LogP contribution >= 0.6 is 0 Å². The minimum atomic E-state index is -4.63. The number of alkyl halides is 5. The number of cyclic esters (lactones) is 1. The summed E-state index contributed by atoms with van der Waals surface area (Å²) in [5.74, 6) is -3.15. The van der Waals surface area contributed by atoms with Gasteiger partial charge < -0.3 is 24.3 Å². The van der Waals surface area contributed by atoms with Crippen LogP contribution in [0.15, 0.2) is 67.4 Å². The molecule has 0 spiro atoms. The first-order valence-electron chi connectivity index (χ1n) is 22.8. The van der Waals surface area contributed by atoms with E-state index in [-0.39, 0.29) is 73.1 Å². The lowest BCUT2D eigenvalue weighted by Crippen LogP contribution is -2.61. The minimum Gasteiger partial charge on any atom is -0.464 e. The van der Waals surface area contributed by atoms with Gasteiger partial charge in [-0.1, -0.05) is 66.3 Å². The molecule has 2 aromatic carbocycles. The van der Waals surface area contributed by atoms with Crippen molar-refractivity contribution in [2.75, 3.05) is 32.8 Å². The number of fused-ring (bicyclic) bond motifs is 6. The van der Waals surface area contributed by atoms with Crippen LogP contribution < -0.4 is 10.7 Å².